The van der Waals surface area contributed by atoms with Crippen molar-refractivity contribution in [1.82, 2.24) is 24.6 Å². The van der Waals surface area contributed by atoms with E-state index in [9.17, 15) is 4.79 Å². The van der Waals surface area contributed by atoms with E-state index < -0.39 is 0 Å². The first-order valence-electron chi connectivity index (χ1n) is 11.0. The van der Waals surface area contributed by atoms with Crippen molar-refractivity contribution >= 4 is 23.9 Å². The summed E-state index contributed by atoms with van der Waals surface area (Å²) in [6.07, 6.45) is 2.08. The summed E-state index contributed by atoms with van der Waals surface area (Å²) in [5, 5.41) is 4.37. The standard InChI is InChI=1S/C24H30N6O2.ClH/c1-17-7-5-6-8-21(17)29-13-11-28(12-14-29)10-9-22(31)20-16-25-30(19(20)3)24-26-18(2)15-23(27-24)32-4;/h5-8,15-16H,9-14H2,1-4H3;1H. The Hall–Kier alpha value is -2.97. The fraction of sp³-hybridized carbons (Fsp3) is 0.417. The molecule has 1 aromatic carbocycles. The van der Waals surface area contributed by atoms with Crippen LogP contribution in [-0.2, 0) is 0 Å². The predicted octanol–water partition coefficient (Wildman–Crippen LogP) is 3.41. The van der Waals surface area contributed by atoms with Crippen molar-refractivity contribution in [2.45, 2.75) is 27.2 Å². The van der Waals surface area contributed by atoms with Crippen molar-refractivity contribution in [2.24, 2.45) is 0 Å². The number of halogens is 1. The first-order chi connectivity index (χ1) is 15.5. The first-order valence-corrected chi connectivity index (χ1v) is 11.0. The molecular formula is C24H31ClN6O2. The van der Waals surface area contributed by atoms with E-state index in [1.165, 1.54) is 11.3 Å². The van der Waals surface area contributed by atoms with Crippen molar-refractivity contribution in [3.8, 4) is 11.8 Å². The molecule has 4 rings (SSSR count). The summed E-state index contributed by atoms with van der Waals surface area (Å²) >= 11 is 0. The molecule has 8 nitrogen and oxygen atoms in total. The minimum absolute atomic E-state index is 0. The molecule has 0 amide bonds. The number of aromatic nitrogens is 4. The molecule has 1 saturated heterocycles. The van der Waals surface area contributed by atoms with Gasteiger partial charge in [-0.1, -0.05) is 18.2 Å². The fourth-order valence-electron chi connectivity index (χ4n) is 4.13. The monoisotopic (exact) mass is 470 g/mol. The third-order valence-corrected chi connectivity index (χ3v) is 6.01. The highest BCUT2D eigenvalue weighted by Gasteiger charge is 2.21. The van der Waals surface area contributed by atoms with E-state index >= 15 is 0 Å². The normalized spacial score (nSPS) is 14.1. The minimum Gasteiger partial charge on any atom is -0.481 e. The summed E-state index contributed by atoms with van der Waals surface area (Å²) in [5.41, 5.74) is 4.75. The topological polar surface area (TPSA) is 76.4 Å². The molecule has 0 radical (unpaired) electrons. The van der Waals surface area contributed by atoms with Crippen molar-refractivity contribution in [1.29, 1.82) is 0 Å². The number of rotatable bonds is 7. The van der Waals surface area contributed by atoms with Crippen molar-refractivity contribution < 1.29 is 9.53 Å². The van der Waals surface area contributed by atoms with Gasteiger partial charge in [0.25, 0.3) is 5.95 Å². The highest BCUT2D eigenvalue weighted by molar-refractivity contribution is 5.97. The number of nitrogens with zero attached hydrogens (tertiary/aromatic N) is 6. The van der Waals surface area contributed by atoms with Gasteiger partial charge in [-0.3, -0.25) is 9.69 Å². The summed E-state index contributed by atoms with van der Waals surface area (Å²) in [6, 6.07) is 10.3. The molecule has 2 aromatic heterocycles. The Balaban J connectivity index is 0.00000306. The molecule has 0 aliphatic carbocycles. The number of anilines is 1. The van der Waals surface area contributed by atoms with Gasteiger partial charge >= 0.3 is 0 Å². The number of Topliss-reactive ketones (excluding diaryl/α,β-unsaturated/α-hetero) is 1. The third-order valence-electron chi connectivity index (χ3n) is 6.01. The summed E-state index contributed by atoms with van der Waals surface area (Å²) in [5.74, 6) is 0.973. The van der Waals surface area contributed by atoms with Gasteiger partial charge in [0.2, 0.25) is 5.88 Å². The van der Waals surface area contributed by atoms with Crippen LogP contribution in [0.3, 0.4) is 0 Å². The number of carbonyl (C=O) groups excluding carboxylic acids is 1. The molecule has 1 aliphatic heterocycles. The Morgan fingerprint density at radius 3 is 2.48 bits per heavy atom. The van der Waals surface area contributed by atoms with Gasteiger partial charge in [-0.15, -0.1) is 12.4 Å². The summed E-state index contributed by atoms with van der Waals surface area (Å²) in [6.45, 7) is 10.5. The number of piperazine rings is 1. The molecule has 0 bridgehead atoms. The highest BCUT2D eigenvalue weighted by atomic mass is 35.5. The third kappa shape index (κ3) is 5.51. The van der Waals surface area contributed by atoms with Crippen molar-refractivity contribution in [3.05, 3.63) is 59.0 Å². The summed E-state index contributed by atoms with van der Waals surface area (Å²) < 4.78 is 6.83. The number of ether oxygens (including phenoxy) is 1. The number of carbonyl (C=O) groups is 1. The van der Waals surface area contributed by atoms with Crippen LogP contribution in [0.15, 0.2) is 36.5 Å². The van der Waals surface area contributed by atoms with Gasteiger partial charge in [0.1, 0.15) is 0 Å². The zero-order valence-corrected chi connectivity index (χ0v) is 20.4. The van der Waals surface area contributed by atoms with E-state index in [1.807, 2.05) is 13.8 Å². The van der Waals surface area contributed by atoms with Crippen LogP contribution < -0.4 is 9.64 Å². The molecule has 0 saturated carbocycles. The zero-order chi connectivity index (χ0) is 22.7. The molecule has 176 valence electrons. The van der Waals surface area contributed by atoms with E-state index in [-0.39, 0.29) is 18.2 Å². The molecule has 33 heavy (non-hydrogen) atoms. The molecule has 9 heteroatoms. The Labute approximate surface area is 201 Å². The van der Waals surface area contributed by atoms with Crippen LogP contribution in [0.4, 0.5) is 5.69 Å². The lowest BCUT2D eigenvalue weighted by Crippen LogP contribution is -2.47. The van der Waals surface area contributed by atoms with E-state index in [2.05, 4.69) is 56.1 Å². The number of para-hydroxylation sites is 1. The van der Waals surface area contributed by atoms with Gasteiger partial charge in [0.15, 0.2) is 5.78 Å². The van der Waals surface area contributed by atoms with Gasteiger partial charge < -0.3 is 9.64 Å². The number of hydrogen-bond acceptors (Lipinski definition) is 7. The van der Waals surface area contributed by atoms with Crippen LogP contribution >= 0.6 is 12.4 Å². The van der Waals surface area contributed by atoms with E-state index in [0.29, 0.717) is 23.8 Å². The molecule has 1 fully saturated rings. The molecule has 0 unspecified atom stereocenters. The summed E-state index contributed by atoms with van der Waals surface area (Å²) in [7, 11) is 1.57. The number of methoxy groups -OCH3 is 1. The Bertz CT molecular complexity index is 1110. The lowest BCUT2D eigenvalue weighted by Gasteiger charge is -2.36. The van der Waals surface area contributed by atoms with Crippen LogP contribution in [0.25, 0.3) is 5.95 Å². The first kappa shape index (κ1) is 24.7. The quantitative estimate of drug-likeness (QED) is 0.490. The number of hydrogen-bond donors (Lipinski definition) is 0. The molecule has 0 N–H and O–H groups in total. The van der Waals surface area contributed by atoms with Gasteiger partial charge in [-0.25, -0.2) is 9.67 Å². The van der Waals surface area contributed by atoms with Gasteiger partial charge in [0, 0.05) is 56.6 Å². The second kappa shape index (κ2) is 10.8. The van der Waals surface area contributed by atoms with Crippen LogP contribution in [0.1, 0.15) is 33.7 Å². The minimum atomic E-state index is 0. The largest absolute Gasteiger partial charge is 0.481 e. The average Bonchev–Trinajstić information content (AvgIpc) is 3.19. The van der Waals surface area contributed by atoms with Gasteiger partial charge in [-0.2, -0.15) is 10.1 Å². The van der Waals surface area contributed by atoms with Gasteiger partial charge in [-0.05, 0) is 32.4 Å². The van der Waals surface area contributed by atoms with Gasteiger partial charge in [0.05, 0.1) is 24.6 Å². The second-order valence-electron chi connectivity index (χ2n) is 8.20. The molecule has 0 atom stereocenters. The van der Waals surface area contributed by atoms with Crippen LogP contribution in [-0.4, -0.2) is 70.3 Å². The molecule has 0 spiro atoms. The average molecular weight is 471 g/mol. The SMILES string of the molecule is COc1cc(C)nc(-n2ncc(C(=O)CCN3CCN(c4ccccc4C)CC3)c2C)n1.Cl. The predicted molar refractivity (Wildman–Crippen MR) is 131 cm³/mol. The molecule has 3 aromatic rings. The number of aryl methyl sites for hydroxylation is 2. The maximum absolute atomic E-state index is 12.9. The lowest BCUT2D eigenvalue weighted by atomic mass is 10.1. The van der Waals surface area contributed by atoms with Crippen molar-refractivity contribution in [3.63, 3.8) is 0 Å². The zero-order valence-electron chi connectivity index (χ0n) is 19.6. The van der Waals surface area contributed by atoms with E-state index in [4.69, 9.17) is 4.74 Å². The van der Waals surface area contributed by atoms with Crippen LogP contribution in [0.2, 0.25) is 0 Å². The summed E-state index contributed by atoms with van der Waals surface area (Å²) in [4.78, 5) is 26.5. The van der Waals surface area contributed by atoms with Crippen LogP contribution in [0.5, 0.6) is 5.88 Å². The number of benzene rings is 1. The highest BCUT2D eigenvalue weighted by Crippen LogP contribution is 2.21. The fourth-order valence-corrected chi connectivity index (χ4v) is 4.13. The maximum Gasteiger partial charge on any atom is 0.254 e. The molecule has 3 heterocycles. The number of ketones is 1. The lowest BCUT2D eigenvalue weighted by molar-refractivity contribution is 0.0962. The Morgan fingerprint density at radius 1 is 1.06 bits per heavy atom. The molecule has 1 aliphatic rings. The maximum atomic E-state index is 12.9. The Morgan fingerprint density at radius 2 is 1.79 bits per heavy atom. The smallest absolute Gasteiger partial charge is 0.254 e. The van der Waals surface area contributed by atoms with E-state index in [0.717, 1.165) is 44.1 Å². The van der Waals surface area contributed by atoms with Crippen LogP contribution in [0, 0.1) is 20.8 Å². The molecular weight excluding hydrogens is 440 g/mol. The van der Waals surface area contributed by atoms with E-state index in [1.54, 1.807) is 24.1 Å². The second-order valence-corrected chi connectivity index (χ2v) is 8.20. The Kier molecular flexibility index (Phi) is 8.05. The van der Waals surface area contributed by atoms with Crippen molar-refractivity contribution in [2.75, 3.05) is 44.7 Å².